The first-order chi connectivity index (χ1) is 11.2. The van der Waals surface area contributed by atoms with E-state index in [4.69, 9.17) is 16.3 Å². The number of aromatic nitrogens is 3. The summed E-state index contributed by atoms with van der Waals surface area (Å²) in [4.78, 5) is 20.7. The summed E-state index contributed by atoms with van der Waals surface area (Å²) in [5.41, 5.74) is 0.746. The third-order valence-corrected chi connectivity index (χ3v) is 3.44. The molecule has 0 bridgehead atoms. The lowest BCUT2D eigenvalue weighted by Crippen LogP contribution is -2.27. The van der Waals surface area contributed by atoms with Gasteiger partial charge in [-0.05, 0) is 45.0 Å². The fourth-order valence-electron chi connectivity index (χ4n) is 2.35. The molecule has 0 saturated heterocycles. The van der Waals surface area contributed by atoms with Gasteiger partial charge in [-0.15, -0.1) is 0 Å². The standard InChI is InChI=1S/C17H15ClFN3O2/c1-17(2,3)24-16(23)22-13-5-4-11(19)6-10(13)7-14(22)12-8-15(18)21-9-20-12/h4-9H,1-3H3. The molecule has 0 saturated carbocycles. The third-order valence-electron chi connectivity index (χ3n) is 3.24. The highest BCUT2D eigenvalue weighted by Crippen LogP contribution is 2.29. The molecular weight excluding hydrogens is 333 g/mol. The molecule has 0 aliphatic carbocycles. The highest BCUT2D eigenvalue weighted by atomic mass is 35.5. The summed E-state index contributed by atoms with van der Waals surface area (Å²) in [6.45, 7) is 5.33. The summed E-state index contributed by atoms with van der Waals surface area (Å²) in [5, 5.41) is 0.803. The van der Waals surface area contributed by atoms with Crippen LogP contribution >= 0.6 is 11.6 Å². The van der Waals surface area contributed by atoms with E-state index in [-0.39, 0.29) is 5.15 Å². The first-order valence-corrected chi connectivity index (χ1v) is 7.65. The van der Waals surface area contributed by atoms with Gasteiger partial charge in [0.2, 0.25) is 0 Å². The van der Waals surface area contributed by atoms with Crippen LogP contribution in [0.25, 0.3) is 22.3 Å². The van der Waals surface area contributed by atoms with Gasteiger partial charge < -0.3 is 4.74 Å². The highest BCUT2D eigenvalue weighted by molar-refractivity contribution is 6.29. The molecular formula is C17H15ClFN3O2. The maximum Gasteiger partial charge on any atom is 0.419 e. The van der Waals surface area contributed by atoms with E-state index in [2.05, 4.69) is 9.97 Å². The second-order valence-electron chi connectivity index (χ2n) is 6.27. The fraction of sp³-hybridized carbons (Fsp3) is 0.235. The molecule has 0 atom stereocenters. The number of hydrogen-bond donors (Lipinski definition) is 0. The Morgan fingerprint density at radius 3 is 2.62 bits per heavy atom. The van der Waals surface area contributed by atoms with Gasteiger partial charge >= 0.3 is 6.09 Å². The van der Waals surface area contributed by atoms with Gasteiger partial charge in [0.15, 0.2) is 0 Å². The quantitative estimate of drug-likeness (QED) is 0.600. The van der Waals surface area contributed by atoms with Crippen molar-refractivity contribution in [1.29, 1.82) is 0 Å². The molecule has 0 aliphatic heterocycles. The Hall–Kier alpha value is -2.47. The molecule has 0 spiro atoms. The predicted molar refractivity (Wildman–Crippen MR) is 89.6 cm³/mol. The molecule has 5 nitrogen and oxygen atoms in total. The molecule has 0 fully saturated rings. The summed E-state index contributed by atoms with van der Waals surface area (Å²) in [6.07, 6.45) is 0.726. The van der Waals surface area contributed by atoms with Crippen molar-refractivity contribution >= 4 is 28.6 Å². The summed E-state index contributed by atoms with van der Waals surface area (Å²) < 4.78 is 20.4. The van der Waals surface area contributed by atoms with Gasteiger partial charge in [0.1, 0.15) is 22.9 Å². The predicted octanol–water partition coefficient (Wildman–Crippen LogP) is 4.67. The number of rotatable bonds is 1. The molecule has 3 rings (SSSR count). The third kappa shape index (κ3) is 3.23. The number of carbonyl (C=O) groups excluding carboxylic acids is 1. The molecule has 1 aromatic carbocycles. The minimum atomic E-state index is -0.672. The van der Waals surface area contributed by atoms with Crippen molar-refractivity contribution in [3.05, 3.63) is 47.6 Å². The SMILES string of the molecule is CC(C)(C)OC(=O)n1c(-c2cc(Cl)ncn2)cc2cc(F)ccc21. The number of ether oxygens (including phenoxy) is 1. The minimum Gasteiger partial charge on any atom is -0.443 e. The van der Waals surface area contributed by atoms with E-state index < -0.39 is 17.5 Å². The van der Waals surface area contributed by atoms with Gasteiger partial charge in [-0.2, -0.15) is 0 Å². The molecule has 2 heterocycles. The Morgan fingerprint density at radius 2 is 1.96 bits per heavy atom. The average molecular weight is 348 g/mol. The molecule has 7 heteroatoms. The number of hydrogen-bond acceptors (Lipinski definition) is 4. The maximum absolute atomic E-state index is 13.5. The van der Waals surface area contributed by atoms with E-state index in [1.165, 1.54) is 35.2 Å². The summed E-state index contributed by atoms with van der Waals surface area (Å²) >= 11 is 5.92. The van der Waals surface area contributed by atoms with Crippen LogP contribution in [-0.4, -0.2) is 26.2 Å². The van der Waals surface area contributed by atoms with Gasteiger partial charge in [-0.3, -0.25) is 0 Å². The van der Waals surface area contributed by atoms with Crippen molar-refractivity contribution in [2.45, 2.75) is 26.4 Å². The van der Waals surface area contributed by atoms with Crippen LogP contribution in [0.2, 0.25) is 5.15 Å². The van der Waals surface area contributed by atoms with Crippen LogP contribution in [0.3, 0.4) is 0 Å². The Morgan fingerprint density at radius 1 is 1.21 bits per heavy atom. The molecule has 2 aromatic heterocycles. The second kappa shape index (κ2) is 5.87. The van der Waals surface area contributed by atoms with Crippen molar-refractivity contribution in [3.8, 4) is 11.4 Å². The van der Waals surface area contributed by atoms with Crippen LogP contribution in [0.15, 0.2) is 36.7 Å². The maximum atomic E-state index is 13.5. The van der Waals surface area contributed by atoms with Crippen molar-refractivity contribution in [2.24, 2.45) is 0 Å². The normalized spacial score (nSPS) is 11.7. The van der Waals surface area contributed by atoms with E-state index in [0.717, 1.165) is 0 Å². The zero-order valence-electron chi connectivity index (χ0n) is 13.4. The monoisotopic (exact) mass is 347 g/mol. The zero-order valence-corrected chi connectivity index (χ0v) is 14.1. The van der Waals surface area contributed by atoms with E-state index in [1.54, 1.807) is 26.8 Å². The fourth-order valence-corrected chi connectivity index (χ4v) is 2.50. The van der Waals surface area contributed by atoms with Crippen molar-refractivity contribution < 1.29 is 13.9 Å². The van der Waals surface area contributed by atoms with E-state index in [0.29, 0.717) is 22.3 Å². The first-order valence-electron chi connectivity index (χ1n) is 7.27. The number of nitrogens with zero attached hydrogens (tertiary/aromatic N) is 3. The molecule has 0 aliphatic rings. The van der Waals surface area contributed by atoms with Crippen LogP contribution in [0.5, 0.6) is 0 Å². The lowest BCUT2D eigenvalue weighted by atomic mass is 10.2. The van der Waals surface area contributed by atoms with Gasteiger partial charge in [-0.25, -0.2) is 23.7 Å². The van der Waals surface area contributed by atoms with Crippen LogP contribution in [0, 0.1) is 5.82 Å². The van der Waals surface area contributed by atoms with E-state index in [1.807, 2.05) is 0 Å². The number of halogens is 2. The summed E-state index contributed by atoms with van der Waals surface area (Å²) in [6, 6.07) is 7.37. The van der Waals surface area contributed by atoms with Crippen LogP contribution in [0.1, 0.15) is 20.8 Å². The zero-order chi connectivity index (χ0) is 17.5. The summed E-state index contributed by atoms with van der Waals surface area (Å²) in [7, 11) is 0. The summed E-state index contributed by atoms with van der Waals surface area (Å²) in [5.74, 6) is -0.392. The van der Waals surface area contributed by atoms with Gasteiger partial charge in [0.25, 0.3) is 0 Å². The lowest BCUT2D eigenvalue weighted by molar-refractivity contribution is 0.0547. The largest absolute Gasteiger partial charge is 0.443 e. The number of benzene rings is 1. The Labute approximate surface area is 143 Å². The molecule has 24 heavy (non-hydrogen) atoms. The highest BCUT2D eigenvalue weighted by Gasteiger charge is 2.23. The van der Waals surface area contributed by atoms with Crippen LogP contribution in [-0.2, 0) is 4.74 Å². The molecule has 0 amide bonds. The lowest BCUT2D eigenvalue weighted by Gasteiger charge is -2.20. The minimum absolute atomic E-state index is 0.243. The Kier molecular flexibility index (Phi) is 4.01. The first kappa shape index (κ1) is 16.4. The molecule has 3 aromatic rings. The van der Waals surface area contributed by atoms with E-state index >= 15 is 0 Å². The van der Waals surface area contributed by atoms with Crippen molar-refractivity contribution in [3.63, 3.8) is 0 Å². The average Bonchev–Trinajstić information content (AvgIpc) is 2.84. The van der Waals surface area contributed by atoms with Crippen molar-refractivity contribution in [1.82, 2.24) is 14.5 Å². The second-order valence-corrected chi connectivity index (χ2v) is 6.66. The number of carbonyl (C=O) groups is 1. The van der Waals surface area contributed by atoms with Crippen LogP contribution < -0.4 is 0 Å². The Balaban J connectivity index is 2.24. The molecule has 0 radical (unpaired) electrons. The van der Waals surface area contributed by atoms with Crippen LogP contribution in [0.4, 0.5) is 9.18 Å². The topological polar surface area (TPSA) is 57.0 Å². The van der Waals surface area contributed by atoms with E-state index in [9.17, 15) is 9.18 Å². The Bertz CT molecular complexity index is 931. The molecule has 0 unspecified atom stereocenters. The van der Waals surface area contributed by atoms with Crippen molar-refractivity contribution in [2.75, 3.05) is 0 Å². The van der Waals surface area contributed by atoms with Gasteiger partial charge in [0.05, 0.1) is 16.9 Å². The number of fused-ring (bicyclic) bond motifs is 1. The van der Waals surface area contributed by atoms with Gasteiger partial charge in [-0.1, -0.05) is 11.6 Å². The molecule has 0 N–H and O–H groups in total. The smallest absolute Gasteiger partial charge is 0.419 e. The van der Waals surface area contributed by atoms with Gasteiger partial charge in [0, 0.05) is 11.5 Å². The molecule has 124 valence electrons.